The molecule has 1 aromatic carbocycles. The molecule has 4 amide bonds. The molecule has 1 aliphatic rings. The van der Waals surface area contributed by atoms with E-state index >= 15 is 0 Å². The van der Waals surface area contributed by atoms with Crippen LogP contribution >= 0.6 is 24.8 Å². The highest BCUT2D eigenvalue weighted by Crippen LogP contribution is 2.16. The molecule has 2 N–H and O–H groups in total. The minimum atomic E-state index is -0.842. The Hall–Kier alpha value is -4.14. The number of pyridine rings is 1. The summed E-state index contributed by atoms with van der Waals surface area (Å²) in [4.78, 5) is 50.9. The molecular formula is C29H36Cl2N8O3. The Morgan fingerprint density at radius 3 is 2.36 bits per heavy atom. The summed E-state index contributed by atoms with van der Waals surface area (Å²) in [5.74, 6) is -0.530. The van der Waals surface area contributed by atoms with E-state index in [9.17, 15) is 14.4 Å². The van der Waals surface area contributed by atoms with Gasteiger partial charge in [-0.1, -0.05) is 12.1 Å². The topological polar surface area (TPSA) is 136 Å². The molecule has 0 radical (unpaired) electrons. The standard InChI is InChI=1S/C29H34N8O3.2ClH/c1-29(2,3)34-28(40)37-15-14-35(27(39)23-8-11-31-12-9-23)19-25(37)26(38)33-13-10-24-17-32-20-36(24)18-22-6-4-21(16-30)5-7-22;;/h4-9,11-12,17,20,25H,10,13-15,18-19H2,1-3H3,(H,33,38)(H,34,40);2*1H. The van der Waals surface area contributed by atoms with Crippen molar-refractivity contribution >= 4 is 42.7 Å². The van der Waals surface area contributed by atoms with Crippen molar-refractivity contribution in [1.82, 2.24) is 35.0 Å². The van der Waals surface area contributed by atoms with Crippen LogP contribution < -0.4 is 10.6 Å². The molecule has 1 aliphatic heterocycles. The second kappa shape index (κ2) is 15.2. The summed E-state index contributed by atoms with van der Waals surface area (Å²) in [5.41, 5.74) is 2.58. The van der Waals surface area contributed by atoms with Gasteiger partial charge < -0.3 is 25.0 Å². The van der Waals surface area contributed by atoms with Gasteiger partial charge in [0.2, 0.25) is 5.91 Å². The van der Waals surface area contributed by atoms with E-state index in [0.29, 0.717) is 37.2 Å². The van der Waals surface area contributed by atoms with Crippen molar-refractivity contribution in [3.63, 3.8) is 0 Å². The maximum Gasteiger partial charge on any atom is 0.318 e. The number of nitriles is 1. The predicted molar refractivity (Wildman–Crippen MR) is 163 cm³/mol. The van der Waals surface area contributed by atoms with Crippen LogP contribution in [0, 0.1) is 11.3 Å². The molecule has 0 bridgehead atoms. The van der Waals surface area contributed by atoms with Crippen molar-refractivity contribution in [2.24, 2.45) is 0 Å². The fourth-order valence-corrected chi connectivity index (χ4v) is 4.52. The normalized spacial score (nSPS) is 14.6. The van der Waals surface area contributed by atoms with Crippen LogP contribution in [0.15, 0.2) is 61.3 Å². The average molecular weight is 616 g/mol. The van der Waals surface area contributed by atoms with E-state index < -0.39 is 11.6 Å². The molecule has 1 unspecified atom stereocenters. The van der Waals surface area contributed by atoms with Gasteiger partial charge >= 0.3 is 6.03 Å². The van der Waals surface area contributed by atoms with E-state index in [1.807, 2.05) is 37.5 Å². The number of nitrogens with one attached hydrogen (secondary N) is 2. The van der Waals surface area contributed by atoms with E-state index in [0.717, 1.165) is 11.3 Å². The molecule has 1 saturated heterocycles. The van der Waals surface area contributed by atoms with Crippen molar-refractivity contribution in [2.45, 2.75) is 45.3 Å². The molecule has 0 saturated carbocycles. The maximum atomic E-state index is 13.4. The molecule has 4 rings (SSSR count). The van der Waals surface area contributed by atoms with Crippen molar-refractivity contribution in [3.05, 3.63) is 83.7 Å². The minimum absolute atomic E-state index is 0. The molecule has 3 aromatic rings. The molecule has 42 heavy (non-hydrogen) atoms. The number of carbonyl (C=O) groups is 3. The number of halogens is 2. The van der Waals surface area contributed by atoms with Crippen LogP contribution in [0.3, 0.4) is 0 Å². The zero-order valence-corrected chi connectivity index (χ0v) is 25.5. The summed E-state index contributed by atoms with van der Waals surface area (Å²) in [7, 11) is 0. The Labute approximate surface area is 258 Å². The van der Waals surface area contributed by atoms with Crippen LogP contribution in [0.1, 0.15) is 48.0 Å². The van der Waals surface area contributed by atoms with Gasteiger partial charge in [0.25, 0.3) is 5.91 Å². The smallest absolute Gasteiger partial charge is 0.318 e. The number of piperazine rings is 1. The zero-order valence-electron chi connectivity index (χ0n) is 23.8. The number of nitrogens with zero attached hydrogens (tertiary/aromatic N) is 6. The number of rotatable bonds is 7. The summed E-state index contributed by atoms with van der Waals surface area (Å²) in [6.07, 6.45) is 7.13. The van der Waals surface area contributed by atoms with Gasteiger partial charge in [0, 0.05) is 68.0 Å². The second-order valence-electron chi connectivity index (χ2n) is 10.7. The molecule has 11 nitrogen and oxygen atoms in total. The molecule has 0 aliphatic carbocycles. The molecule has 2 aromatic heterocycles. The largest absolute Gasteiger partial charge is 0.354 e. The van der Waals surface area contributed by atoms with Gasteiger partial charge in [0.05, 0.1) is 24.5 Å². The van der Waals surface area contributed by atoms with Gasteiger partial charge in [-0.25, -0.2) is 9.78 Å². The summed E-state index contributed by atoms with van der Waals surface area (Å²) in [5, 5.41) is 14.9. The molecule has 13 heteroatoms. The van der Waals surface area contributed by atoms with E-state index in [2.05, 4.69) is 26.7 Å². The van der Waals surface area contributed by atoms with Gasteiger partial charge in [-0.05, 0) is 50.6 Å². The molecular weight excluding hydrogens is 579 g/mol. The van der Waals surface area contributed by atoms with E-state index in [1.54, 1.807) is 54.1 Å². The first-order valence-corrected chi connectivity index (χ1v) is 13.2. The molecule has 0 spiro atoms. The Balaban J connectivity index is 0.00000308. The SMILES string of the molecule is CC(C)(C)NC(=O)N1CCN(C(=O)c2ccncc2)CC1C(=O)NCCc1cncn1Cc1ccc(C#N)cc1.Cl.Cl. The van der Waals surface area contributed by atoms with Crippen LogP contribution in [-0.2, 0) is 17.8 Å². The monoisotopic (exact) mass is 614 g/mol. The third-order valence-corrected chi connectivity index (χ3v) is 6.56. The Morgan fingerprint density at radius 2 is 1.71 bits per heavy atom. The van der Waals surface area contributed by atoms with Crippen LogP contribution in [0.4, 0.5) is 4.79 Å². The molecule has 1 atom stereocenters. The maximum absolute atomic E-state index is 13.4. The Kier molecular flexibility index (Phi) is 12.3. The lowest BCUT2D eigenvalue weighted by Crippen LogP contribution is -2.64. The van der Waals surface area contributed by atoms with E-state index in [1.165, 1.54) is 4.90 Å². The first kappa shape index (κ1) is 34.1. The lowest BCUT2D eigenvalue weighted by Gasteiger charge is -2.41. The van der Waals surface area contributed by atoms with Gasteiger partial charge in [-0.15, -0.1) is 24.8 Å². The number of aromatic nitrogens is 3. The summed E-state index contributed by atoms with van der Waals surface area (Å²) in [6.45, 7) is 7.19. The number of imidazole rings is 1. The number of urea groups is 1. The number of carbonyl (C=O) groups excluding carboxylic acids is 3. The molecule has 224 valence electrons. The molecule has 3 heterocycles. The van der Waals surface area contributed by atoms with Crippen molar-refractivity contribution in [2.75, 3.05) is 26.2 Å². The third-order valence-electron chi connectivity index (χ3n) is 6.56. The van der Waals surface area contributed by atoms with Crippen LogP contribution in [0.5, 0.6) is 0 Å². The predicted octanol–water partition coefficient (Wildman–Crippen LogP) is 3.04. The lowest BCUT2D eigenvalue weighted by atomic mass is 10.1. The van der Waals surface area contributed by atoms with E-state index in [-0.39, 0.29) is 55.7 Å². The van der Waals surface area contributed by atoms with Gasteiger partial charge in [0.1, 0.15) is 6.04 Å². The average Bonchev–Trinajstić information content (AvgIpc) is 3.38. The highest BCUT2D eigenvalue weighted by molar-refractivity contribution is 5.95. The number of hydrogen-bond donors (Lipinski definition) is 2. The number of hydrogen-bond acceptors (Lipinski definition) is 6. The first-order chi connectivity index (χ1) is 19.1. The quantitative estimate of drug-likeness (QED) is 0.420. The lowest BCUT2D eigenvalue weighted by molar-refractivity contribution is -0.127. The van der Waals surface area contributed by atoms with Crippen LogP contribution in [0.2, 0.25) is 0 Å². The number of benzene rings is 1. The second-order valence-corrected chi connectivity index (χ2v) is 10.7. The fourth-order valence-electron chi connectivity index (χ4n) is 4.52. The van der Waals surface area contributed by atoms with Crippen molar-refractivity contribution in [3.8, 4) is 6.07 Å². The van der Waals surface area contributed by atoms with E-state index in [4.69, 9.17) is 5.26 Å². The highest BCUT2D eigenvalue weighted by atomic mass is 35.5. The number of amides is 4. The van der Waals surface area contributed by atoms with Gasteiger partial charge in [-0.3, -0.25) is 14.6 Å². The summed E-state index contributed by atoms with van der Waals surface area (Å²) in [6, 6.07) is 11.6. The van der Waals surface area contributed by atoms with Crippen LogP contribution in [-0.4, -0.2) is 79.9 Å². The summed E-state index contributed by atoms with van der Waals surface area (Å²) < 4.78 is 1.99. The van der Waals surface area contributed by atoms with Gasteiger partial charge in [-0.2, -0.15) is 5.26 Å². The van der Waals surface area contributed by atoms with Gasteiger partial charge in [0.15, 0.2) is 0 Å². The first-order valence-electron chi connectivity index (χ1n) is 13.2. The van der Waals surface area contributed by atoms with Crippen molar-refractivity contribution in [1.29, 1.82) is 5.26 Å². The fraction of sp³-hybridized carbons (Fsp3) is 0.379. The Bertz CT molecular complexity index is 1380. The Morgan fingerprint density at radius 1 is 1.02 bits per heavy atom. The molecule has 1 fully saturated rings. The zero-order chi connectivity index (χ0) is 28.7. The summed E-state index contributed by atoms with van der Waals surface area (Å²) >= 11 is 0. The van der Waals surface area contributed by atoms with Crippen LogP contribution in [0.25, 0.3) is 0 Å². The highest BCUT2D eigenvalue weighted by Gasteiger charge is 2.38. The van der Waals surface area contributed by atoms with Crippen molar-refractivity contribution < 1.29 is 14.4 Å². The third kappa shape index (κ3) is 8.93. The minimum Gasteiger partial charge on any atom is -0.354 e.